The molecule has 1 heterocycles. The molecule has 1 atom stereocenters. The first kappa shape index (κ1) is 15.9. The van der Waals surface area contributed by atoms with Crippen LogP contribution in [0.1, 0.15) is 37.2 Å². The van der Waals surface area contributed by atoms with Crippen LogP contribution < -0.4 is 10.6 Å². The SMILES string of the molecule is CCCC(CNc1ccnc(C(=O)NCC)c1)C(=O)O. The number of rotatable bonds is 8. The summed E-state index contributed by atoms with van der Waals surface area (Å²) in [6.45, 7) is 4.66. The van der Waals surface area contributed by atoms with E-state index in [9.17, 15) is 9.59 Å². The van der Waals surface area contributed by atoms with Crippen LogP contribution in [0.4, 0.5) is 5.69 Å². The van der Waals surface area contributed by atoms with Gasteiger partial charge in [-0.1, -0.05) is 13.3 Å². The Balaban J connectivity index is 2.66. The van der Waals surface area contributed by atoms with E-state index in [0.717, 1.165) is 6.42 Å². The lowest BCUT2D eigenvalue weighted by Gasteiger charge is -2.13. The highest BCUT2D eigenvalue weighted by atomic mass is 16.4. The highest BCUT2D eigenvalue weighted by molar-refractivity contribution is 5.93. The molecule has 0 aliphatic rings. The van der Waals surface area contributed by atoms with Crippen LogP contribution in [0.25, 0.3) is 0 Å². The molecule has 0 aromatic carbocycles. The molecule has 6 heteroatoms. The molecule has 0 saturated heterocycles. The van der Waals surface area contributed by atoms with Gasteiger partial charge in [-0.25, -0.2) is 0 Å². The van der Waals surface area contributed by atoms with E-state index in [1.54, 1.807) is 12.1 Å². The molecule has 0 radical (unpaired) electrons. The van der Waals surface area contributed by atoms with Crippen molar-refractivity contribution in [1.29, 1.82) is 0 Å². The molecule has 0 aliphatic carbocycles. The van der Waals surface area contributed by atoms with E-state index in [-0.39, 0.29) is 5.91 Å². The van der Waals surface area contributed by atoms with E-state index in [1.807, 2.05) is 13.8 Å². The normalized spacial score (nSPS) is 11.7. The number of aromatic nitrogens is 1. The van der Waals surface area contributed by atoms with Crippen molar-refractivity contribution in [2.75, 3.05) is 18.4 Å². The molecule has 110 valence electrons. The maximum Gasteiger partial charge on any atom is 0.308 e. The molecule has 1 aromatic rings. The number of pyridine rings is 1. The summed E-state index contributed by atoms with van der Waals surface area (Å²) in [5, 5.41) is 14.8. The van der Waals surface area contributed by atoms with Gasteiger partial charge in [0.15, 0.2) is 0 Å². The highest BCUT2D eigenvalue weighted by Gasteiger charge is 2.16. The average molecular weight is 279 g/mol. The third-order valence-corrected chi connectivity index (χ3v) is 2.87. The molecular weight excluding hydrogens is 258 g/mol. The number of carboxylic acids is 1. The predicted molar refractivity (Wildman–Crippen MR) is 76.8 cm³/mol. The number of hydrogen-bond acceptors (Lipinski definition) is 4. The third kappa shape index (κ3) is 4.87. The zero-order valence-electron chi connectivity index (χ0n) is 11.8. The Hall–Kier alpha value is -2.11. The molecule has 6 nitrogen and oxygen atoms in total. The fourth-order valence-electron chi connectivity index (χ4n) is 1.82. The van der Waals surface area contributed by atoms with Gasteiger partial charge in [0.2, 0.25) is 0 Å². The van der Waals surface area contributed by atoms with E-state index in [2.05, 4.69) is 15.6 Å². The topological polar surface area (TPSA) is 91.3 Å². The van der Waals surface area contributed by atoms with Gasteiger partial charge in [0.05, 0.1) is 5.92 Å². The van der Waals surface area contributed by atoms with Crippen molar-refractivity contribution in [1.82, 2.24) is 10.3 Å². The minimum absolute atomic E-state index is 0.237. The Morgan fingerprint density at radius 2 is 2.15 bits per heavy atom. The van der Waals surface area contributed by atoms with Gasteiger partial charge in [-0.15, -0.1) is 0 Å². The fourth-order valence-corrected chi connectivity index (χ4v) is 1.82. The zero-order valence-corrected chi connectivity index (χ0v) is 11.8. The van der Waals surface area contributed by atoms with E-state index in [0.29, 0.717) is 30.9 Å². The van der Waals surface area contributed by atoms with E-state index in [4.69, 9.17) is 5.11 Å². The van der Waals surface area contributed by atoms with E-state index in [1.165, 1.54) is 6.20 Å². The zero-order chi connectivity index (χ0) is 15.0. The molecule has 1 aromatic heterocycles. The summed E-state index contributed by atoms with van der Waals surface area (Å²) < 4.78 is 0. The van der Waals surface area contributed by atoms with Crippen molar-refractivity contribution in [3.05, 3.63) is 24.0 Å². The van der Waals surface area contributed by atoms with Gasteiger partial charge in [-0.3, -0.25) is 14.6 Å². The second kappa shape index (κ2) is 8.14. The summed E-state index contributed by atoms with van der Waals surface area (Å²) in [5.74, 6) is -1.47. The summed E-state index contributed by atoms with van der Waals surface area (Å²) in [6, 6.07) is 3.34. The number of carboxylic acid groups (broad SMARTS) is 1. The van der Waals surface area contributed by atoms with Crippen LogP contribution in [0.3, 0.4) is 0 Å². The second-order valence-electron chi connectivity index (χ2n) is 4.49. The van der Waals surface area contributed by atoms with Crippen LogP contribution in [0, 0.1) is 5.92 Å². The van der Waals surface area contributed by atoms with Crippen LogP contribution in [0.2, 0.25) is 0 Å². The number of amides is 1. The minimum atomic E-state index is -0.808. The van der Waals surface area contributed by atoms with Crippen LogP contribution in [0.5, 0.6) is 0 Å². The van der Waals surface area contributed by atoms with Crippen LogP contribution in [-0.4, -0.2) is 35.1 Å². The summed E-state index contributed by atoms with van der Waals surface area (Å²) in [6.07, 6.45) is 2.97. The molecule has 1 unspecified atom stereocenters. The average Bonchev–Trinajstić information content (AvgIpc) is 2.43. The number of nitrogens with one attached hydrogen (secondary N) is 2. The van der Waals surface area contributed by atoms with Crippen molar-refractivity contribution >= 4 is 17.6 Å². The molecule has 0 bridgehead atoms. The molecule has 1 rings (SSSR count). The highest BCUT2D eigenvalue weighted by Crippen LogP contribution is 2.12. The fraction of sp³-hybridized carbons (Fsp3) is 0.500. The smallest absolute Gasteiger partial charge is 0.308 e. The van der Waals surface area contributed by atoms with Gasteiger partial charge in [-0.2, -0.15) is 0 Å². The third-order valence-electron chi connectivity index (χ3n) is 2.87. The predicted octanol–water partition coefficient (Wildman–Crippen LogP) is 1.74. The summed E-state index contributed by atoms with van der Waals surface area (Å²) in [5.41, 5.74) is 1.02. The number of aliphatic carboxylic acids is 1. The lowest BCUT2D eigenvalue weighted by atomic mass is 10.0. The summed E-state index contributed by atoms with van der Waals surface area (Å²) in [7, 11) is 0. The number of anilines is 1. The molecule has 1 amide bonds. The lowest BCUT2D eigenvalue weighted by Crippen LogP contribution is -2.24. The van der Waals surface area contributed by atoms with Gasteiger partial charge in [0.25, 0.3) is 5.91 Å². The first-order valence-electron chi connectivity index (χ1n) is 6.79. The minimum Gasteiger partial charge on any atom is -0.481 e. The Kier molecular flexibility index (Phi) is 6.49. The van der Waals surface area contributed by atoms with E-state index < -0.39 is 11.9 Å². The van der Waals surface area contributed by atoms with Crippen molar-refractivity contribution < 1.29 is 14.7 Å². The van der Waals surface area contributed by atoms with Gasteiger partial charge in [-0.05, 0) is 25.5 Å². The van der Waals surface area contributed by atoms with Crippen LogP contribution >= 0.6 is 0 Å². The number of carbonyl (C=O) groups excluding carboxylic acids is 1. The molecule has 0 saturated carbocycles. The Bertz CT molecular complexity index is 463. The molecule has 0 aliphatic heterocycles. The largest absolute Gasteiger partial charge is 0.481 e. The summed E-state index contributed by atoms with van der Waals surface area (Å²) in [4.78, 5) is 26.7. The quantitative estimate of drug-likeness (QED) is 0.674. The number of nitrogens with zero attached hydrogens (tertiary/aromatic N) is 1. The van der Waals surface area contributed by atoms with Crippen molar-refractivity contribution in [2.24, 2.45) is 5.92 Å². The number of carbonyl (C=O) groups is 2. The van der Waals surface area contributed by atoms with E-state index >= 15 is 0 Å². The Labute approximate surface area is 118 Å². The lowest BCUT2D eigenvalue weighted by molar-refractivity contribution is -0.141. The van der Waals surface area contributed by atoms with Gasteiger partial charge in [0, 0.05) is 25.0 Å². The molecule has 20 heavy (non-hydrogen) atoms. The summed E-state index contributed by atoms with van der Waals surface area (Å²) >= 11 is 0. The van der Waals surface area contributed by atoms with Crippen molar-refractivity contribution in [3.63, 3.8) is 0 Å². The van der Waals surface area contributed by atoms with Gasteiger partial charge in [0.1, 0.15) is 5.69 Å². The maximum absolute atomic E-state index is 11.7. The Morgan fingerprint density at radius 3 is 2.75 bits per heavy atom. The van der Waals surface area contributed by atoms with Gasteiger partial charge < -0.3 is 15.7 Å². The maximum atomic E-state index is 11.7. The second-order valence-corrected chi connectivity index (χ2v) is 4.49. The number of hydrogen-bond donors (Lipinski definition) is 3. The monoisotopic (exact) mass is 279 g/mol. The molecule has 3 N–H and O–H groups in total. The molecular formula is C14H21N3O3. The first-order valence-corrected chi connectivity index (χ1v) is 6.79. The van der Waals surface area contributed by atoms with Crippen molar-refractivity contribution in [3.8, 4) is 0 Å². The van der Waals surface area contributed by atoms with Gasteiger partial charge >= 0.3 is 5.97 Å². The molecule has 0 fully saturated rings. The standard InChI is InChI=1S/C14H21N3O3/c1-3-5-10(14(19)20)9-17-11-6-7-16-12(8-11)13(18)15-4-2/h6-8,10H,3-5,9H2,1-2H3,(H,15,18)(H,16,17)(H,19,20). The Morgan fingerprint density at radius 1 is 1.40 bits per heavy atom. The first-order chi connectivity index (χ1) is 9.58. The van der Waals surface area contributed by atoms with Crippen LogP contribution in [0.15, 0.2) is 18.3 Å². The van der Waals surface area contributed by atoms with Crippen LogP contribution in [-0.2, 0) is 4.79 Å². The van der Waals surface area contributed by atoms with Crippen molar-refractivity contribution in [2.45, 2.75) is 26.7 Å². The molecule has 0 spiro atoms.